The summed E-state index contributed by atoms with van der Waals surface area (Å²) in [6, 6.07) is 29.4. The molecule has 5 rings (SSSR count). The standard InChI is InChI=1S/C31H23NO4/c1-2-29(33)36-18-17-32-27-15-13-23(30(34)21-9-5-3-6-10-21)19-25(27)26-20-24(14-16-28(26)32)31(35)22-11-7-4-8-12-22/h2-16,19-20H,1,17-18H2. The Labute approximate surface area is 208 Å². The molecule has 0 spiro atoms. The summed E-state index contributed by atoms with van der Waals surface area (Å²) >= 11 is 0. The van der Waals surface area contributed by atoms with Crippen LogP contribution in [0.25, 0.3) is 21.8 Å². The van der Waals surface area contributed by atoms with Crippen molar-refractivity contribution in [2.45, 2.75) is 6.54 Å². The summed E-state index contributed by atoms with van der Waals surface area (Å²) in [7, 11) is 0. The number of nitrogens with zero attached hydrogens (tertiary/aromatic N) is 1. The molecule has 5 heteroatoms. The minimum absolute atomic E-state index is 0.0742. The lowest BCUT2D eigenvalue weighted by molar-refractivity contribution is -0.137. The van der Waals surface area contributed by atoms with Crippen molar-refractivity contribution in [1.29, 1.82) is 0 Å². The number of benzene rings is 4. The number of rotatable bonds is 8. The second-order valence-electron chi connectivity index (χ2n) is 8.38. The van der Waals surface area contributed by atoms with Crippen LogP contribution in [0.4, 0.5) is 0 Å². The molecule has 0 unspecified atom stereocenters. The highest BCUT2D eigenvalue weighted by Crippen LogP contribution is 2.32. The van der Waals surface area contributed by atoms with E-state index < -0.39 is 5.97 Å². The van der Waals surface area contributed by atoms with E-state index in [0.717, 1.165) is 27.9 Å². The Kier molecular flexibility index (Phi) is 6.29. The van der Waals surface area contributed by atoms with Gasteiger partial charge in [-0.15, -0.1) is 0 Å². The molecule has 4 aromatic carbocycles. The zero-order valence-corrected chi connectivity index (χ0v) is 19.5. The van der Waals surface area contributed by atoms with Crippen LogP contribution in [0.2, 0.25) is 0 Å². The number of ketones is 2. The van der Waals surface area contributed by atoms with Crippen molar-refractivity contribution >= 4 is 39.3 Å². The summed E-state index contributed by atoms with van der Waals surface area (Å²) < 4.78 is 7.25. The van der Waals surface area contributed by atoms with E-state index in [1.165, 1.54) is 0 Å². The van der Waals surface area contributed by atoms with Gasteiger partial charge in [0.05, 0.1) is 6.54 Å². The first-order valence-electron chi connectivity index (χ1n) is 11.6. The maximum atomic E-state index is 13.1. The summed E-state index contributed by atoms with van der Waals surface area (Å²) in [6.45, 7) is 4.01. The van der Waals surface area contributed by atoms with Crippen molar-refractivity contribution in [3.05, 3.63) is 132 Å². The van der Waals surface area contributed by atoms with Crippen LogP contribution in [-0.4, -0.2) is 28.7 Å². The van der Waals surface area contributed by atoms with Gasteiger partial charge in [0.25, 0.3) is 0 Å². The van der Waals surface area contributed by atoms with Crippen LogP contribution in [0.15, 0.2) is 110 Å². The monoisotopic (exact) mass is 473 g/mol. The smallest absolute Gasteiger partial charge is 0.330 e. The van der Waals surface area contributed by atoms with E-state index >= 15 is 0 Å². The first-order chi connectivity index (χ1) is 17.6. The van der Waals surface area contributed by atoms with E-state index in [1.54, 1.807) is 36.4 Å². The topological polar surface area (TPSA) is 65.4 Å². The van der Waals surface area contributed by atoms with Crippen molar-refractivity contribution in [2.24, 2.45) is 0 Å². The van der Waals surface area contributed by atoms with E-state index in [-0.39, 0.29) is 18.2 Å². The average Bonchev–Trinajstić information content (AvgIpc) is 3.25. The molecule has 1 heterocycles. The van der Waals surface area contributed by atoms with E-state index in [2.05, 4.69) is 6.58 Å². The molecule has 5 nitrogen and oxygen atoms in total. The Morgan fingerprint density at radius 3 is 1.58 bits per heavy atom. The van der Waals surface area contributed by atoms with Crippen LogP contribution in [0.5, 0.6) is 0 Å². The number of ether oxygens (including phenoxy) is 1. The maximum absolute atomic E-state index is 13.1. The van der Waals surface area contributed by atoms with E-state index in [0.29, 0.717) is 28.8 Å². The number of fused-ring (bicyclic) bond motifs is 3. The van der Waals surface area contributed by atoms with E-state index in [9.17, 15) is 14.4 Å². The molecule has 0 fully saturated rings. The Morgan fingerprint density at radius 1 is 0.667 bits per heavy atom. The molecule has 0 aliphatic carbocycles. The van der Waals surface area contributed by atoms with Gasteiger partial charge in [0.15, 0.2) is 11.6 Å². The highest BCUT2D eigenvalue weighted by molar-refractivity contribution is 6.17. The fraction of sp³-hybridized carbons (Fsp3) is 0.0645. The maximum Gasteiger partial charge on any atom is 0.330 e. The predicted octanol–water partition coefficient (Wildman–Crippen LogP) is 5.99. The van der Waals surface area contributed by atoms with Crippen molar-refractivity contribution in [2.75, 3.05) is 6.61 Å². The molecule has 0 bridgehead atoms. The van der Waals surface area contributed by atoms with Crippen molar-refractivity contribution in [3.63, 3.8) is 0 Å². The highest BCUT2D eigenvalue weighted by atomic mass is 16.5. The number of esters is 1. The van der Waals surface area contributed by atoms with E-state index in [1.807, 2.05) is 65.2 Å². The third-order valence-electron chi connectivity index (χ3n) is 6.19. The number of hydrogen-bond acceptors (Lipinski definition) is 4. The van der Waals surface area contributed by atoms with Crippen molar-refractivity contribution in [3.8, 4) is 0 Å². The highest BCUT2D eigenvalue weighted by Gasteiger charge is 2.17. The molecule has 0 saturated carbocycles. The van der Waals surface area contributed by atoms with E-state index in [4.69, 9.17) is 4.74 Å². The van der Waals surface area contributed by atoms with Gasteiger partial charge in [0.1, 0.15) is 6.61 Å². The average molecular weight is 474 g/mol. The van der Waals surface area contributed by atoms with Gasteiger partial charge in [-0.05, 0) is 36.4 Å². The van der Waals surface area contributed by atoms with Gasteiger partial charge in [0.2, 0.25) is 0 Å². The largest absolute Gasteiger partial charge is 0.461 e. The Morgan fingerprint density at radius 2 is 1.14 bits per heavy atom. The van der Waals surface area contributed by atoms with Crippen molar-refractivity contribution in [1.82, 2.24) is 4.57 Å². The normalized spacial score (nSPS) is 10.9. The Balaban J connectivity index is 1.63. The number of hydrogen-bond donors (Lipinski definition) is 0. The molecule has 0 aliphatic heterocycles. The zero-order valence-electron chi connectivity index (χ0n) is 19.5. The SMILES string of the molecule is C=CC(=O)OCCn1c2ccc(C(=O)c3ccccc3)cc2c2cc(C(=O)c3ccccc3)ccc21. The molecule has 1 aromatic heterocycles. The van der Waals surface area contributed by atoms with Gasteiger partial charge in [0, 0.05) is 50.1 Å². The number of aromatic nitrogens is 1. The Bertz CT molecular complexity index is 1510. The molecular formula is C31H23NO4. The number of carbonyl (C=O) groups is 3. The molecule has 0 amide bonds. The molecule has 0 atom stereocenters. The van der Waals surface area contributed by atoms with Gasteiger partial charge < -0.3 is 9.30 Å². The minimum Gasteiger partial charge on any atom is -0.461 e. The molecule has 36 heavy (non-hydrogen) atoms. The number of carbonyl (C=O) groups excluding carboxylic acids is 3. The first kappa shape index (κ1) is 23.0. The van der Waals surface area contributed by atoms with Gasteiger partial charge in [-0.25, -0.2) is 4.79 Å². The second kappa shape index (κ2) is 9.84. The van der Waals surface area contributed by atoms with Crippen LogP contribution in [0.1, 0.15) is 31.8 Å². The van der Waals surface area contributed by atoms with Gasteiger partial charge in [-0.2, -0.15) is 0 Å². The van der Waals surface area contributed by atoms with Gasteiger partial charge >= 0.3 is 5.97 Å². The Hall–Kier alpha value is -4.77. The zero-order chi connectivity index (χ0) is 25.1. The quantitative estimate of drug-likeness (QED) is 0.158. The van der Waals surface area contributed by atoms with Crippen LogP contribution in [-0.2, 0) is 16.1 Å². The lowest BCUT2D eigenvalue weighted by atomic mass is 9.99. The minimum atomic E-state index is -0.484. The summed E-state index contributed by atoms with van der Waals surface area (Å²) in [5.41, 5.74) is 4.10. The molecule has 0 saturated heterocycles. The third kappa shape index (κ3) is 4.34. The van der Waals surface area contributed by atoms with Crippen LogP contribution >= 0.6 is 0 Å². The summed E-state index contributed by atoms with van der Waals surface area (Å²) in [6.07, 6.45) is 1.13. The summed E-state index contributed by atoms with van der Waals surface area (Å²) in [4.78, 5) is 37.8. The van der Waals surface area contributed by atoms with Crippen LogP contribution in [0.3, 0.4) is 0 Å². The van der Waals surface area contributed by atoms with Crippen molar-refractivity contribution < 1.29 is 19.1 Å². The molecule has 0 aliphatic rings. The van der Waals surface area contributed by atoms with Crippen LogP contribution in [0, 0.1) is 0 Å². The molecular weight excluding hydrogens is 450 g/mol. The summed E-state index contributed by atoms with van der Waals surface area (Å²) in [5, 5.41) is 1.70. The first-order valence-corrected chi connectivity index (χ1v) is 11.6. The second-order valence-corrected chi connectivity index (χ2v) is 8.38. The van der Waals surface area contributed by atoms with Gasteiger partial charge in [-0.3, -0.25) is 9.59 Å². The molecule has 0 N–H and O–H groups in total. The fourth-order valence-corrected chi connectivity index (χ4v) is 4.44. The lowest BCUT2D eigenvalue weighted by Gasteiger charge is -2.08. The molecule has 176 valence electrons. The fourth-order valence-electron chi connectivity index (χ4n) is 4.44. The predicted molar refractivity (Wildman–Crippen MR) is 140 cm³/mol. The molecule has 5 aromatic rings. The third-order valence-corrected chi connectivity index (χ3v) is 6.19. The van der Waals surface area contributed by atoms with Gasteiger partial charge in [-0.1, -0.05) is 67.2 Å². The van der Waals surface area contributed by atoms with Crippen LogP contribution < -0.4 is 0 Å². The summed E-state index contributed by atoms with van der Waals surface area (Å²) in [5.74, 6) is -0.632. The molecule has 0 radical (unpaired) electrons. The lowest BCUT2D eigenvalue weighted by Crippen LogP contribution is -2.09.